The molecule has 1 saturated heterocycles. The van der Waals surface area contributed by atoms with E-state index in [-0.39, 0.29) is 24.0 Å². The van der Waals surface area contributed by atoms with E-state index in [1.54, 1.807) is 0 Å². The number of nitrogens with zero attached hydrogens (tertiary/aromatic N) is 5. The van der Waals surface area contributed by atoms with Crippen molar-refractivity contribution in [3.05, 3.63) is 60.2 Å². The van der Waals surface area contributed by atoms with Crippen molar-refractivity contribution in [3.8, 4) is 0 Å². The third kappa shape index (κ3) is 5.41. The van der Waals surface area contributed by atoms with E-state index in [0.29, 0.717) is 12.6 Å². The third-order valence-corrected chi connectivity index (χ3v) is 5.30. The summed E-state index contributed by atoms with van der Waals surface area (Å²) in [5, 5.41) is 6.97. The highest BCUT2D eigenvalue weighted by Gasteiger charge is 2.20. The summed E-state index contributed by atoms with van der Waals surface area (Å²) in [6.45, 7) is 7.57. The zero-order valence-electron chi connectivity index (χ0n) is 17.6. The van der Waals surface area contributed by atoms with Gasteiger partial charge in [-0.2, -0.15) is 0 Å². The first kappa shape index (κ1) is 22.3. The van der Waals surface area contributed by atoms with Gasteiger partial charge in [0.15, 0.2) is 5.96 Å². The molecule has 0 unspecified atom stereocenters. The molecule has 0 radical (unpaired) electrons. The molecule has 4 rings (SSSR count). The van der Waals surface area contributed by atoms with Gasteiger partial charge in [0.25, 0.3) is 0 Å². The van der Waals surface area contributed by atoms with E-state index in [0.717, 1.165) is 55.6 Å². The highest BCUT2D eigenvalue weighted by atomic mass is 127. The molecular formula is C22H30IN7. The Bertz CT molecular complexity index is 962. The maximum Gasteiger partial charge on any atom is 0.191 e. The van der Waals surface area contributed by atoms with Crippen molar-refractivity contribution >= 4 is 41.4 Å². The maximum absolute atomic E-state index is 4.77. The molecule has 7 nitrogen and oxygen atoms in total. The lowest BCUT2D eigenvalue weighted by atomic mass is 10.1. The Labute approximate surface area is 195 Å². The Morgan fingerprint density at radius 2 is 2.00 bits per heavy atom. The van der Waals surface area contributed by atoms with Gasteiger partial charge in [-0.3, -0.25) is 0 Å². The zero-order valence-corrected chi connectivity index (χ0v) is 19.9. The molecule has 2 N–H and O–H groups in total. The molecule has 1 aliphatic rings. The molecule has 0 amide bonds. The molecule has 1 fully saturated rings. The number of nitrogens with one attached hydrogen (secondary N) is 2. The van der Waals surface area contributed by atoms with E-state index >= 15 is 0 Å². The molecule has 4 heterocycles. The monoisotopic (exact) mass is 519 g/mol. The molecule has 0 aliphatic carbocycles. The quantitative estimate of drug-likeness (QED) is 0.308. The van der Waals surface area contributed by atoms with E-state index in [2.05, 4.69) is 62.1 Å². The van der Waals surface area contributed by atoms with Crippen LogP contribution in [0.4, 0.5) is 5.82 Å². The fraction of sp³-hybridized carbons (Fsp3) is 0.409. The fourth-order valence-corrected chi connectivity index (χ4v) is 3.74. The van der Waals surface area contributed by atoms with Crippen LogP contribution >= 0.6 is 24.0 Å². The number of aryl methyl sites for hydroxylation is 1. The lowest BCUT2D eigenvalue weighted by Gasteiger charge is -2.33. The molecule has 3 aromatic rings. The SMILES string of the molecule is CCNC(=NCc1cn2c(C)cccc2n1)NC1CCN(c2ccccn2)CC1.I. The minimum Gasteiger partial charge on any atom is -0.357 e. The normalized spacial score (nSPS) is 15.1. The highest BCUT2D eigenvalue weighted by molar-refractivity contribution is 14.0. The number of hydrogen-bond acceptors (Lipinski definition) is 4. The number of aromatic nitrogens is 3. The number of guanidine groups is 1. The molecule has 0 atom stereocenters. The number of halogens is 1. The number of aliphatic imine (C=N–C) groups is 1. The molecule has 0 aromatic carbocycles. The lowest BCUT2D eigenvalue weighted by molar-refractivity contribution is 0.459. The van der Waals surface area contributed by atoms with E-state index in [9.17, 15) is 0 Å². The Morgan fingerprint density at radius 1 is 1.17 bits per heavy atom. The van der Waals surface area contributed by atoms with Crippen LogP contribution in [0.3, 0.4) is 0 Å². The van der Waals surface area contributed by atoms with Gasteiger partial charge in [0.2, 0.25) is 0 Å². The summed E-state index contributed by atoms with van der Waals surface area (Å²) < 4.78 is 2.11. The number of fused-ring (bicyclic) bond motifs is 1. The largest absolute Gasteiger partial charge is 0.357 e. The first-order chi connectivity index (χ1) is 14.2. The summed E-state index contributed by atoms with van der Waals surface area (Å²) in [6.07, 6.45) is 6.06. The van der Waals surface area contributed by atoms with Gasteiger partial charge in [-0.05, 0) is 51.0 Å². The molecule has 3 aromatic heterocycles. The third-order valence-electron chi connectivity index (χ3n) is 5.30. The summed E-state index contributed by atoms with van der Waals surface area (Å²) in [5.41, 5.74) is 3.12. The molecule has 0 spiro atoms. The van der Waals surface area contributed by atoms with Crippen LogP contribution in [0, 0.1) is 6.92 Å². The molecular weight excluding hydrogens is 489 g/mol. The second-order valence-electron chi connectivity index (χ2n) is 7.42. The summed E-state index contributed by atoms with van der Waals surface area (Å²) in [5.74, 6) is 1.92. The Balaban J connectivity index is 0.00000256. The summed E-state index contributed by atoms with van der Waals surface area (Å²) in [4.78, 5) is 16.3. The maximum atomic E-state index is 4.77. The van der Waals surface area contributed by atoms with Crippen LogP contribution in [0.25, 0.3) is 5.65 Å². The van der Waals surface area contributed by atoms with Crippen molar-refractivity contribution < 1.29 is 0 Å². The van der Waals surface area contributed by atoms with Crippen molar-refractivity contribution in [1.82, 2.24) is 25.0 Å². The van der Waals surface area contributed by atoms with Gasteiger partial charge in [-0.25, -0.2) is 15.0 Å². The van der Waals surface area contributed by atoms with Gasteiger partial charge >= 0.3 is 0 Å². The fourth-order valence-electron chi connectivity index (χ4n) is 3.74. The Morgan fingerprint density at radius 3 is 2.70 bits per heavy atom. The average molecular weight is 519 g/mol. The number of piperidine rings is 1. The molecule has 0 saturated carbocycles. The minimum atomic E-state index is 0. The molecule has 30 heavy (non-hydrogen) atoms. The van der Waals surface area contributed by atoms with Crippen LogP contribution in [0.15, 0.2) is 53.8 Å². The van der Waals surface area contributed by atoms with Gasteiger partial charge in [0.05, 0.1) is 12.2 Å². The van der Waals surface area contributed by atoms with Crippen LogP contribution in [-0.4, -0.2) is 46.0 Å². The van der Waals surface area contributed by atoms with E-state index < -0.39 is 0 Å². The second-order valence-corrected chi connectivity index (χ2v) is 7.42. The van der Waals surface area contributed by atoms with Gasteiger partial charge in [0, 0.05) is 43.8 Å². The summed E-state index contributed by atoms with van der Waals surface area (Å²) >= 11 is 0. The van der Waals surface area contributed by atoms with Gasteiger partial charge in [-0.1, -0.05) is 12.1 Å². The van der Waals surface area contributed by atoms with Gasteiger partial charge in [0.1, 0.15) is 11.5 Å². The van der Waals surface area contributed by atoms with Crippen molar-refractivity contribution in [2.45, 2.75) is 39.3 Å². The number of imidazole rings is 1. The van der Waals surface area contributed by atoms with Crippen molar-refractivity contribution in [2.75, 3.05) is 24.5 Å². The number of pyridine rings is 2. The molecule has 1 aliphatic heterocycles. The van der Waals surface area contributed by atoms with E-state index in [1.165, 1.54) is 5.69 Å². The summed E-state index contributed by atoms with van der Waals surface area (Å²) in [7, 11) is 0. The number of anilines is 1. The van der Waals surface area contributed by atoms with Crippen molar-refractivity contribution in [3.63, 3.8) is 0 Å². The van der Waals surface area contributed by atoms with Gasteiger partial charge < -0.3 is 19.9 Å². The first-order valence-corrected chi connectivity index (χ1v) is 10.4. The van der Waals surface area contributed by atoms with Crippen LogP contribution < -0.4 is 15.5 Å². The predicted octanol–water partition coefficient (Wildman–Crippen LogP) is 3.38. The van der Waals surface area contributed by atoms with Crippen LogP contribution in [-0.2, 0) is 6.54 Å². The van der Waals surface area contributed by atoms with E-state index in [1.807, 2.05) is 30.5 Å². The molecule has 0 bridgehead atoms. The Kier molecular flexibility index (Phi) is 7.89. The zero-order chi connectivity index (χ0) is 20.1. The predicted molar refractivity (Wildman–Crippen MR) is 133 cm³/mol. The van der Waals surface area contributed by atoms with Crippen LogP contribution in [0.5, 0.6) is 0 Å². The topological polar surface area (TPSA) is 69.8 Å². The summed E-state index contributed by atoms with van der Waals surface area (Å²) in [6, 6.07) is 12.6. The van der Waals surface area contributed by atoms with Crippen molar-refractivity contribution in [2.24, 2.45) is 4.99 Å². The first-order valence-electron chi connectivity index (χ1n) is 10.4. The van der Waals surface area contributed by atoms with Crippen LogP contribution in [0.2, 0.25) is 0 Å². The standard InChI is InChI=1S/C22H29N7.HI/c1-3-23-22(25-15-19-16-29-17(2)7-6-9-21(29)26-19)27-18-10-13-28(14-11-18)20-8-4-5-12-24-20;/h4-9,12,16,18H,3,10-11,13-15H2,1-2H3,(H2,23,25,27);1H. The van der Waals surface area contributed by atoms with Crippen molar-refractivity contribution in [1.29, 1.82) is 0 Å². The average Bonchev–Trinajstić information content (AvgIpc) is 3.18. The molecule has 8 heteroatoms. The number of rotatable bonds is 5. The molecule has 160 valence electrons. The van der Waals surface area contributed by atoms with Crippen LogP contribution in [0.1, 0.15) is 31.2 Å². The number of hydrogen-bond donors (Lipinski definition) is 2. The lowest BCUT2D eigenvalue weighted by Crippen LogP contribution is -2.48. The highest BCUT2D eigenvalue weighted by Crippen LogP contribution is 2.17. The van der Waals surface area contributed by atoms with E-state index in [4.69, 9.17) is 4.99 Å². The second kappa shape index (κ2) is 10.6. The Hall–Kier alpha value is -2.36. The minimum absolute atomic E-state index is 0. The van der Waals surface area contributed by atoms with Gasteiger partial charge in [-0.15, -0.1) is 24.0 Å². The smallest absolute Gasteiger partial charge is 0.191 e.